The summed E-state index contributed by atoms with van der Waals surface area (Å²) in [6.07, 6.45) is 0.406. The molecule has 0 saturated heterocycles. The number of hydrogen-bond donors (Lipinski definition) is 1. The van der Waals surface area contributed by atoms with E-state index in [1.165, 1.54) is 12.1 Å². The predicted octanol–water partition coefficient (Wildman–Crippen LogP) is 3.28. The molecular weight excluding hydrogens is 232 g/mol. The fourth-order valence-electron chi connectivity index (χ4n) is 1.90. The topological polar surface area (TPSA) is 12.0 Å². The van der Waals surface area contributed by atoms with Gasteiger partial charge in [-0.25, -0.2) is 8.78 Å². The van der Waals surface area contributed by atoms with Crippen LogP contribution in [0.1, 0.15) is 16.7 Å². The van der Waals surface area contributed by atoms with Crippen LogP contribution in [0.4, 0.5) is 8.78 Å². The van der Waals surface area contributed by atoms with Gasteiger partial charge in [0.2, 0.25) is 0 Å². The molecule has 0 fully saturated rings. The van der Waals surface area contributed by atoms with Crippen molar-refractivity contribution in [2.75, 3.05) is 7.05 Å². The SMILES string of the molecule is CNCc1ccc(Cc2ccccc2F)cc1F. The summed E-state index contributed by atoms with van der Waals surface area (Å²) in [5.41, 5.74) is 1.98. The molecule has 94 valence electrons. The third-order valence-electron chi connectivity index (χ3n) is 2.84. The van der Waals surface area contributed by atoms with Gasteiger partial charge in [-0.2, -0.15) is 0 Å². The normalized spacial score (nSPS) is 10.6. The average Bonchev–Trinajstić information content (AvgIpc) is 2.36. The molecule has 0 aromatic heterocycles. The standard InChI is InChI=1S/C15H15F2N/c1-18-10-13-7-6-11(9-15(13)17)8-12-4-2-3-5-14(12)16/h2-7,9,18H,8,10H2,1H3. The van der Waals surface area contributed by atoms with Gasteiger partial charge in [0.05, 0.1) is 0 Å². The number of halogens is 2. The van der Waals surface area contributed by atoms with Gasteiger partial charge in [-0.05, 0) is 30.3 Å². The Morgan fingerprint density at radius 2 is 1.72 bits per heavy atom. The second kappa shape index (κ2) is 5.74. The molecule has 0 heterocycles. The van der Waals surface area contributed by atoms with Crippen molar-refractivity contribution in [2.24, 2.45) is 0 Å². The lowest BCUT2D eigenvalue weighted by Gasteiger charge is -2.07. The predicted molar refractivity (Wildman–Crippen MR) is 68.4 cm³/mol. The minimum absolute atomic E-state index is 0.252. The van der Waals surface area contributed by atoms with E-state index in [1.54, 1.807) is 31.3 Å². The Morgan fingerprint density at radius 1 is 0.944 bits per heavy atom. The number of rotatable bonds is 4. The molecule has 18 heavy (non-hydrogen) atoms. The van der Waals surface area contributed by atoms with Gasteiger partial charge < -0.3 is 5.32 Å². The summed E-state index contributed by atoms with van der Waals surface area (Å²) in [5, 5.41) is 2.90. The molecule has 0 unspecified atom stereocenters. The van der Waals surface area contributed by atoms with Crippen molar-refractivity contribution in [2.45, 2.75) is 13.0 Å². The van der Waals surface area contributed by atoms with Crippen LogP contribution in [0, 0.1) is 11.6 Å². The highest BCUT2D eigenvalue weighted by atomic mass is 19.1. The fourth-order valence-corrected chi connectivity index (χ4v) is 1.90. The Bertz CT molecular complexity index is 538. The molecule has 2 rings (SSSR count). The Balaban J connectivity index is 2.20. The minimum Gasteiger partial charge on any atom is -0.316 e. The first kappa shape index (κ1) is 12.7. The molecule has 0 saturated carbocycles. The highest BCUT2D eigenvalue weighted by molar-refractivity contribution is 5.30. The van der Waals surface area contributed by atoms with E-state index in [-0.39, 0.29) is 11.6 Å². The van der Waals surface area contributed by atoms with Crippen LogP contribution in [-0.2, 0) is 13.0 Å². The van der Waals surface area contributed by atoms with Gasteiger partial charge in [0, 0.05) is 18.5 Å². The fraction of sp³-hybridized carbons (Fsp3) is 0.200. The van der Waals surface area contributed by atoms with E-state index in [2.05, 4.69) is 5.32 Å². The highest BCUT2D eigenvalue weighted by Gasteiger charge is 2.06. The lowest BCUT2D eigenvalue weighted by molar-refractivity contribution is 0.597. The van der Waals surface area contributed by atoms with E-state index in [1.807, 2.05) is 6.07 Å². The van der Waals surface area contributed by atoms with E-state index in [0.717, 1.165) is 5.56 Å². The molecule has 3 heteroatoms. The highest BCUT2D eigenvalue weighted by Crippen LogP contribution is 2.16. The first-order valence-electron chi connectivity index (χ1n) is 5.86. The molecule has 0 radical (unpaired) electrons. The third-order valence-corrected chi connectivity index (χ3v) is 2.84. The molecule has 0 bridgehead atoms. The second-order valence-electron chi connectivity index (χ2n) is 4.22. The van der Waals surface area contributed by atoms with E-state index in [0.29, 0.717) is 24.1 Å². The summed E-state index contributed by atoms with van der Waals surface area (Å²) in [5.74, 6) is -0.504. The maximum atomic E-state index is 13.7. The molecule has 0 aliphatic carbocycles. The average molecular weight is 247 g/mol. The van der Waals surface area contributed by atoms with Crippen molar-refractivity contribution >= 4 is 0 Å². The molecule has 0 spiro atoms. The van der Waals surface area contributed by atoms with Gasteiger partial charge in [0.25, 0.3) is 0 Å². The Labute approximate surface area is 105 Å². The van der Waals surface area contributed by atoms with Gasteiger partial charge in [-0.1, -0.05) is 30.3 Å². The van der Waals surface area contributed by atoms with Gasteiger partial charge in [0.15, 0.2) is 0 Å². The molecule has 2 aromatic rings. The summed E-state index contributed by atoms with van der Waals surface area (Å²) in [6, 6.07) is 11.6. The van der Waals surface area contributed by atoms with E-state index >= 15 is 0 Å². The Hall–Kier alpha value is -1.74. The molecule has 0 atom stereocenters. The summed E-state index contributed by atoms with van der Waals surface area (Å²) < 4.78 is 27.2. The summed E-state index contributed by atoms with van der Waals surface area (Å²) in [4.78, 5) is 0. The quantitative estimate of drug-likeness (QED) is 0.874. The van der Waals surface area contributed by atoms with E-state index in [9.17, 15) is 8.78 Å². The van der Waals surface area contributed by atoms with Crippen LogP contribution in [0.15, 0.2) is 42.5 Å². The third kappa shape index (κ3) is 2.93. The zero-order chi connectivity index (χ0) is 13.0. The maximum Gasteiger partial charge on any atom is 0.127 e. The van der Waals surface area contributed by atoms with Gasteiger partial charge >= 0.3 is 0 Å². The molecule has 0 aliphatic rings. The van der Waals surface area contributed by atoms with E-state index < -0.39 is 0 Å². The van der Waals surface area contributed by atoms with Crippen LogP contribution >= 0.6 is 0 Å². The van der Waals surface area contributed by atoms with Crippen molar-refractivity contribution in [1.29, 1.82) is 0 Å². The van der Waals surface area contributed by atoms with E-state index in [4.69, 9.17) is 0 Å². The summed E-state index contributed by atoms with van der Waals surface area (Å²) >= 11 is 0. The first-order chi connectivity index (χ1) is 8.70. The monoisotopic (exact) mass is 247 g/mol. The molecule has 2 aromatic carbocycles. The Kier molecular flexibility index (Phi) is 4.05. The van der Waals surface area contributed by atoms with Crippen molar-refractivity contribution in [3.05, 3.63) is 70.8 Å². The zero-order valence-corrected chi connectivity index (χ0v) is 10.2. The lowest BCUT2D eigenvalue weighted by atomic mass is 10.0. The van der Waals surface area contributed by atoms with Crippen LogP contribution in [0.3, 0.4) is 0 Å². The lowest BCUT2D eigenvalue weighted by Crippen LogP contribution is -2.07. The van der Waals surface area contributed by atoms with Gasteiger partial charge in [-0.3, -0.25) is 0 Å². The maximum absolute atomic E-state index is 13.7. The van der Waals surface area contributed by atoms with Crippen molar-refractivity contribution < 1.29 is 8.78 Å². The molecule has 1 N–H and O–H groups in total. The first-order valence-corrected chi connectivity index (χ1v) is 5.86. The zero-order valence-electron chi connectivity index (χ0n) is 10.2. The molecule has 1 nitrogen and oxygen atoms in total. The molecule has 0 aliphatic heterocycles. The van der Waals surface area contributed by atoms with Crippen LogP contribution in [0.25, 0.3) is 0 Å². The number of benzene rings is 2. The minimum atomic E-state index is -0.253. The van der Waals surface area contributed by atoms with Crippen molar-refractivity contribution in [3.63, 3.8) is 0 Å². The largest absolute Gasteiger partial charge is 0.316 e. The van der Waals surface area contributed by atoms with Crippen LogP contribution < -0.4 is 5.32 Å². The molecule has 0 amide bonds. The van der Waals surface area contributed by atoms with Crippen LogP contribution in [0.5, 0.6) is 0 Å². The Morgan fingerprint density at radius 3 is 2.39 bits per heavy atom. The van der Waals surface area contributed by atoms with Gasteiger partial charge in [0.1, 0.15) is 11.6 Å². The smallest absolute Gasteiger partial charge is 0.127 e. The second-order valence-corrected chi connectivity index (χ2v) is 4.22. The summed E-state index contributed by atoms with van der Waals surface area (Å²) in [6.45, 7) is 0.492. The van der Waals surface area contributed by atoms with Crippen molar-refractivity contribution in [1.82, 2.24) is 5.32 Å². The summed E-state index contributed by atoms with van der Waals surface area (Å²) in [7, 11) is 1.77. The number of hydrogen-bond acceptors (Lipinski definition) is 1. The van der Waals surface area contributed by atoms with Crippen LogP contribution in [-0.4, -0.2) is 7.05 Å². The van der Waals surface area contributed by atoms with Gasteiger partial charge in [-0.15, -0.1) is 0 Å². The molecular formula is C15H15F2N. The number of nitrogens with one attached hydrogen (secondary N) is 1. The van der Waals surface area contributed by atoms with Crippen molar-refractivity contribution in [3.8, 4) is 0 Å². The van der Waals surface area contributed by atoms with Crippen LogP contribution in [0.2, 0.25) is 0 Å².